The average Bonchev–Trinajstić information content (AvgIpc) is 2.72. The van der Waals surface area contributed by atoms with Gasteiger partial charge in [0.1, 0.15) is 5.75 Å². The Hall–Kier alpha value is -1.89. The van der Waals surface area contributed by atoms with Gasteiger partial charge in [-0.05, 0) is 58.5 Å². The number of anilines is 1. The van der Waals surface area contributed by atoms with Crippen molar-refractivity contribution in [2.24, 2.45) is 0 Å². The molecule has 0 saturated heterocycles. The first-order valence-electron chi connectivity index (χ1n) is 6.39. The molecule has 1 aliphatic heterocycles. The quantitative estimate of drug-likeness (QED) is 0.595. The van der Waals surface area contributed by atoms with Gasteiger partial charge >= 0.3 is 0 Å². The molecule has 2 aromatic carbocycles. The highest BCUT2D eigenvalue weighted by Crippen LogP contribution is 2.31. The predicted molar refractivity (Wildman–Crippen MR) is 87.7 cm³/mol. The van der Waals surface area contributed by atoms with Crippen molar-refractivity contribution >= 4 is 40.0 Å². The van der Waals surface area contributed by atoms with Crippen LogP contribution in [0.1, 0.15) is 15.9 Å². The zero-order valence-electron chi connectivity index (χ0n) is 11.3. The fraction of sp³-hybridized carbons (Fsp3) is 0.125. The highest BCUT2D eigenvalue weighted by Gasteiger charge is 2.35. The summed E-state index contributed by atoms with van der Waals surface area (Å²) in [6.07, 6.45) is 0. The van der Waals surface area contributed by atoms with Gasteiger partial charge in [-0.25, -0.2) is 0 Å². The minimum atomic E-state index is -0.477. The summed E-state index contributed by atoms with van der Waals surface area (Å²) in [5.41, 5.74) is 2.07. The van der Waals surface area contributed by atoms with Crippen molar-refractivity contribution in [2.45, 2.75) is 6.54 Å². The third kappa shape index (κ3) is 2.53. The third-order valence-corrected chi connectivity index (χ3v) is 4.08. The molecule has 0 spiro atoms. The Kier molecular flexibility index (Phi) is 3.67. The summed E-state index contributed by atoms with van der Waals surface area (Å²) in [4.78, 5) is 25.7. The smallest absolute Gasteiger partial charge is 0.299 e. The van der Waals surface area contributed by atoms with Gasteiger partial charge in [-0.2, -0.15) is 0 Å². The number of fused-ring (bicyclic) bond motifs is 1. The second-order valence-electron chi connectivity index (χ2n) is 4.73. The van der Waals surface area contributed by atoms with Crippen LogP contribution in [0, 0.1) is 3.57 Å². The molecule has 0 bridgehead atoms. The lowest BCUT2D eigenvalue weighted by molar-refractivity contribution is -0.114. The van der Waals surface area contributed by atoms with Gasteiger partial charge in [-0.3, -0.25) is 9.59 Å². The van der Waals surface area contributed by atoms with E-state index < -0.39 is 11.7 Å². The average molecular weight is 393 g/mol. The van der Waals surface area contributed by atoms with Crippen molar-refractivity contribution < 1.29 is 14.3 Å². The van der Waals surface area contributed by atoms with Crippen molar-refractivity contribution in [1.82, 2.24) is 0 Å². The Bertz CT molecular complexity index is 742. The van der Waals surface area contributed by atoms with Crippen LogP contribution in [-0.4, -0.2) is 18.8 Å². The summed E-state index contributed by atoms with van der Waals surface area (Å²) in [7, 11) is 1.60. The van der Waals surface area contributed by atoms with E-state index in [9.17, 15) is 9.59 Å². The van der Waals surface area contributed by atoms with E-state index in [2.05, 4.69) is 22.6 Å². The minimum Gasteiger partial charge on any atom is -0.497 e. The maximum atomic E-state index is 12.2. The number of carbonyl (C=O) groups excluding carboxylic acids is 2. The Morgan fingerprint density at radius 2 is 1.95 bits per heavy atom. The second-order valence-corrected chi connectivity index (χ2v) is 5.98. The van der Waals surface area contributed by atoms with Crippen LogP contribution in [0.25, 0.3) is 0 Å². The van der Waals surface area contributed by atoms with Crippen molar-refractivity contribution in [2.75, 3.05) is 12.0 Å². The SMILES string of the molecule is COc1cccc(CN2C(=O)C(=O)c3cc(I)ccc32)c1. The van der Waals surface area contributed by atoms with Gasteiger partial charge in [0.25, 0.3) is 11.7 Å². The van der Waals surface area contributed by atoms with Crippen LogP contribution in [0.2, 0.25) is 0 Å². The third-order valence-electron chi connectivity index (χ3n) is 3.41. The van der Waals surface area contributed by atoms with E-state index >= 15 is 0 Å². The van der Waals surface area contributed by atoms with E-state index in [1.165, 1.54) is 4.90 Å². The number of benzene rings is 2. The number of ketones is 1. The van der Waals surface area contributed by atoms with E-state index in [1.807, 2.05) is 36.4 Å². The number of ether oxygens (including phenoxy) is 1. The number of halogens is 1. The lowest BCUT2D eigenvalue weighted by Crippen LogP contribution is -2.29. The lowest BCUT2D eigenvalue weighted by atomic mass is 10.1. The summed E-state index contributed by atoms with van der Waals surface area (Å²) >= 11 is 2.13. The molecule has 1 aliphatic rings. The maximum absolute atomic E-state index is 12.2. The van der Waals surface area contributed by atoms with Crippen molar-refractivity contribution in [3.05, 3.63) is 57.2 Å². The largest absolute Gasteiger partial charge is 0.497 e. The van der Waals surface area contributed by atoms with Crippen molar-refractivity contribution in [1.29, 1.82) is 0 Å². The number of nitrogens with zero attached hydrogens (tertiary/aromatic N) is 1. The monoisotopic (exact) mass is 393 g/mol. The molecule has 0 N–H and O–H groups in total. The van der Waals surface area contributed by atoms with Crippen LogP contribution in [0.4, 0.5) is 5.69 Å². The molecule has 0 aromatic heterocycles. The van der Waals surface area contributed by atoms with Crippen molar-refractivity contribution in [3.8, 4) is 5.75 Å². The minimum absolute atomic E-state index is 0.357. The zero-order valence-corrected chi connectivity index (χ0v) is 13.5. The fourth-order valence-electron chi connectivity index (χ4n) is 2.38. The predicted octanol–water partition coefficient (Wildman–Crippen LogP) is 3.03. The topological polar surface area (TPSA) is 46.6 Å². The Morgan fingerprint density at radius 3 is 2.71 bits per heavy atom. The van der Waals surface area contributed by atoms with E-state index in [4.69, 9.17) is 4.74 Å². The summed E-state index contributed by atoms with van der Waals surface area (Å²) in [6, 6.07) is 12.9. The molecule has 0 aliphatic carbocycles. The first-order valence-corrected chi connectivity index (χ1v) is 7.46. The van der Waals surface area contributed by atoms with Gasteiger partial charge in [-0.15, -0.1) is 0 Å². The van der Waals surface area contributed by atoms with Gasteiger partial charge in [0.2, 0.25) is 0 Å². The van der Waals surface area contributed by atoms with Crippen LogP contribution in [-0.2, 0) is 11.3 Å². The second kappa shape index (κ2) is 5.48. The molecular formula is C16H12INO3. The summed E-state index contributed by atoms with van der Waals surface area (Å²) in [5, 5.41) is 0. The number of hydrogen-bond acceptors (Lipinski definition) is 3. The summed E-state index contributed by atoms with van der Waals surface area (Å²) in [5.74, 6) is -0.186. The normalized spacial score (nSPS) is 13.5. The van der Waals surface area contributed by atoms with E-state index in [0.717, 1.165) is 14.9 Å². The Balaban J connectivity index is 1.96. The van der Waals surface area contributed by atoms with Crippen LogP contribution >= 0.6 is 22.6 Å². The van der Waals surface area contributed by atoms with Crippen LogP contribution in [0.5, 0.6) is 5.75 Å². The molecule has 0 saturated carbocycles. The number of hydrogen-bond donors (Lipinski definition) is 0. The Labute approximate surface area is 135 Å². The number of amides is 1. The molecule has 0 fully saturated rings. The zero-order chi connectivity index (χ0) is 15.0. The van der Waals surface area contributed by atoms with Crippen LogP contribution in [0.3, 0.4) is 0 Å². The summed E-state index contributed by atoms with van der Waals surface area (Å²) in [6.45, 7) is 0.357. The molecular weight excluding hydrogens is 381 g/mol. The first kappa shape index (κ1) is 14.1. The molecule has 106 valence electrons. The first-order chi connectivity index (χ1) is 10.1. The number of carbonyl (C=O) groups is 2. The maximum Gasteiger partial charge on any atom is 0.299 e. The Morgan fingerprint density at radius 1 is 1.14 bits per heavy atom. The molecule has 0 radical (unpaired) electrons. The van der Waals surface area contributed by atoms with Gasteiger partial charge in [-0.1, -0.05) is 12.1 Å². The van der Waals surface area contributed by atoms with Gasteiger partial charge < -0.3 is 9.64 Å². The number of Topliss-reactive ketones (excluding diaryl/α,β-unsaturated/α-hetero) is 1. The molecule has 0 unspecified atom stereocenters. The highest BCUT2D eigenvalue weighted by molar-refractivity contribution is 14.1. The van der Waals surface area contributed by atoms with Crippen molar-refractivity contribution in [3.63, 3.8) is 0 Å². The van der Waals surface area contributed by atoms with E-state index in [0.29, 0.717) is 17.8 Å². The summed E-state index contributed by atoms with van der Waals surface area (Å²) < 4.78 is 6.12. The molecule has 4 nitrogen and oxygen atoms in total. The van der Waals surface area contributed by atoms with E-state index in [1.54, 1.807) is 13.2 Å². The molecule has 3 rings (SSSR count). The standard InChI is InChI=1S/C16H12INO3/c1-21-12-4-2-3-10(7-12)9-18-14-6-5-11(17)8-13(14)15(19)16(18)20/h2-8H,9H2,1H3. The fourth-order valence-corrected chi connectivity index (χ4v) is 2.87. The van der Waals surface area contributed by atoms with Gasteiger partial charge in [0.15, 0.2) is 0 Å². The van der Waals surface area contributed by atoms with Gasteiger partial charge in [0.05, 0.1) is 24.9 Å². The lowest BCUT2D eigenvalue weighted by Gasteiger charge is -2.17. The highest BCUT2D eigenvalue weighted by atomic mass is 127. The number of methoxy groups -OCH3 is 1. The van der Waals surface area contributed by atoms with Crippen LogP contribution < -0.4 is 9.64 Å². The molecule has 21 heavy (non-hydrogen) atoms. The van der Waals surface area contributed by atoms with Crippen LogP contribution in [0.15, 0.2) is 42.5 Å². The number of rotatable bonds is 3. The van der Waals surface area contributed by atoms with E-state index in [-0.39, 0.29) is 0 Å². The molecule has 1 amide bonds. The molecule has 2 aromatic rings. The molecule has 5 heteroatoms. The van der Waals surface area contributed by atoms with Gasteiger partial charge in [0, 0.05) is 3.57 Å². The molecule has 0 atom stereocenters. The molecule has 1 heterocycles.